The smallest absolute Gasteiger partial charge is 0.289 e. The van der Waals surface area contributed by atoms with Gasteiger partial charge in [0.05, 0.1) is 6.26 Å². The van der Waals surface area contributed by atoms with Crippen LogP contribution in [-0.2, 0) is 4.79 Å². The van der Waals surface area contributed by atoms with Gasteiger partial charge in [-0.2, -0.15) is 0 Å². The molecule has 25 heavy (non-hydrogen) atoms. The normalized spacial score (nSPS) is 22.8. The fourth-order valence-corrected chi connectivity index (χ4v) is 3.86. The minimum atomic E-state index is -0.0806. The molecule has 0 unspecified atom stereocenters. The van der Waals surface area contributed by atoms with Gasteiger partial charge in [-0.3, -0.25) is 14.5 Å². The first-order chi connectivity index (χ1) is 12.1. The summed E-state index contributed by atoms with van der Waals surface area (Å²) in [6, 6.07) is 4.03. The lowest BCUT2D eigenvalue weighted by atomic mass is 9.95. The van der Waals surface area contributed by atoms with Gasteiger partial charge in [-0.15, -0.1) is 0 Å². The Kier molecular flexibility index (Phi) is 6.13. The van der Waals surface area contributed by atoms with Crippen LogP contribution in [0.15, 0.2) is 22.8 Å². The van der Waals surface area contributed by atoms with Gasteiger partial charge in [0.1, 0.15) is 0 Å². The van der Waals surface area contributed by atoms with Crippen LogP contribution in [0.4, 0.5) is 0 Å². The second-order valence-electron chi connectivity index (χ2n) is 7.22. The molecule has 1 aromatic rings. The Morgan fingerprint density at radius 2 is 2.00 bits per heavy atom. The van der Waals surface area contributed by atoms with Crippen LogP contribution in [0.3, 0.4) is 0 Å². The highest BCUT2D eigenvalue weighted by Gasteiger charge is 2.28. The number of carbonyl (C=O) groups is 2. The van der Waals surface area contributed by atoms with Crippen LogP contribution in [0.5, 0.6) is 0 Å². The van der Waals surface area contributed by atoms with Gasteiger partial charge in [-0.05, 0) is 51.3 Å². The van der Waals surface area contributed by atoms with E-state index in [4.69, 9.17) is 4.42 Å². The van der Waals surface area contributed by atoms with E-state index in [2.05, 4.69) is 17.1 Å². The number of hydrogen-bond acceptors (Lipinski definition) is 4. The molecule has 2 amide bonds. The van der Waals surface area contributed by atoms with Crippen LogP contribution in [0, 0.1) is 5.92 Å². The topological polar surface area (TPSA) is 65.8 Å². The first kappa shape index (κ1) is 18.0. The SMILES string of the molecule is C[C@@H]1CCCCN1CCNC(=O)C1CCN(C(=O)c2ccco2)CC1. The van der Waals surface area contributed by atoms with Crippen molar-refractivity contribution in [3.05, 3.63) is 24.2 Å². The van der Waals surface area contributed by atoms with Crippen molar-refractivity contribution in [2.75, 3.05) is 32.7 Å². The van der Waals surface area contributed by atoms with Crippen molar-refractivity contribution in [3.8, 4) is 0 Å². The third-order valence-corrected chi connectivity index (χ3v) is 5.52. The van der Waals surface area contributed by atoms with Crippen LogP contribution in [0.25, 0.3) is 0 Å². The molecule has 0 saturated carbocycles. The Labute approximate surface area is 149 Å². The Balaban J connectivity index is 1.37. The fourth-order valence-electron chi connectivity index (χ4n) is 3.86. The first-order valence-corrected chi connectivity index (χ1v) is 9.49. The number of piperidine rings is 2. The third-order valence-electron chi connectivity index (χ3n) is 5.52. The zero-order chi connectivity index (χ0) is 17.6. The van der Waals surface area contributed by atoms with Gasteiger partial charge in [0, 0.05) is 38.1 Å². The number of furan rings is 1. The molecule has 1 atom stereocenters. The molecule has 0 bridgehead atoms. The minimum Gasteiger partial charge on any atom is -0.459 e. The van der Waals surface area contributed by atoms with Gasteiger partial charge in [0.25, 0.3) is 5.91 Å². The van der Waals surface area contributed by atoms with Gasteiger partial charge >= 0.3 is 0 Å². The van der Waals surface area contributed by atoms with Crippen molar-refractivity contribution in [2.24, 2.45) is 5.92 Å². The van der Waals surface area contributed by atoms with Crippen molar-refractivity contribution in [1.29, 1.82) is 0 Å². The molecule has 3 heterocycles. The average molecular weight is 347 g/mol. The molecule has 2 aliphatic heterocycles. The number of likely N-dealkylation sites (tertiary alicyclic amines) is 2. The first-order valence-electron chi connectivity index (χ1n) is 9.49. The summed E-state index contributed by atoms with van der Waals surface area (Å²) in [6.07, 6.45) is 6.79. The predicted molar refractivity (Wildman–Crippen MR) is 95.2 cm³/mol. The maximum Gasteiger partial charge on any atom is 0.289 e. The van der Waals surface area contributed by atoms with E-state index in [9.17, 15) is 9.59 Å². The van der Waals surface area contributed by atoms with E-state index in [-0.39, 0.29) is 17.7 Å². The molecule has 2 saturated heterocycles. The van der Waals surface area contributed by atoms with Gasteiger partial charge in [-0.1, -0.05) is 6.42 Å². The molecule has 6 heteroatoms. The quantitative estimate of drug-likeness (QED) is 0.886. The van der Waals surface area contributed by atoms with Crippen LogP contribution in [0.1, 0.15) is 49.6 Å². The molecule has 1 aromatic heterocycles. The average Bonchev–Trinajstić information content (AvgIpc) is 3.17. The Morgan fingerprint density at radius 1 is 1.20 bits per heavy atom. The van der Waals surface area contributed by atoms with Crippen LogP contribution in [0.2, 0.25) is 0 Å². The maximum atomic E-state index is 12.4. The van der Waals surface area contributed by atoms with Crippen LogP contribution in [-0.4, -0.2) is 60.4 Å². The number of nitrogens with zero attached hydrogens (tertiary/aromatic N) is 2. The van der Waals surface area contributed by atoms with Crippen molar-refractivity contribution >= 4 is 11.8 Å². The van der Waals surface area contributed by atoms with E-state index in [1.165, 1.54) is 25.5 Å². The molecule has 6 nitrogen and oxygen atoms in total. The Bertz CT molecular complexity index is 564. The second kappa shape index (κ2) is 8.52. The van der Waals surface area contributed by atoms with E-state index in [0.717, 1.165) is 25.9 Å². The maximum absolute atomic E-state index is 12.4. The largest absolute Gasteiger partial charge is 0.459 e. The zero-order valence-corrected chi connectivity index (χ0v) is 15.1. The molecule has 2 fully saturated rings. The van der Waals surface area contributed by atoms with Crippen molar-refractivity contribution in [1.82, 2.24) is 15.1 Å². The van der Waals surface area contributed by atoms with Crippen molar-refractivity contribution < 1.29 is 14.0 Å². The van der Waals surface area contributed by atoms with Crippen LogP contribution >= 0.6 is 0 Å². The van der Waals surface area contributed by atoms with Gasteiger partial charge in [0.15, 0.2) is 5.76 Å². The predicted octanol–water partition coefficient (Wildman–Crippen LogP) is 2.12. The molecule has 0 radical (unpaired) electrons. The van der Waals surface area contributed by atoms with Crippen LogP contribution < -0.4 is 5.32 Å². The number of carbonyl (C=O) groups excluding carboxylic acids is 2. The molecule has 3 rings (SSSR count). The number of hydrogen-bond donors (Lipinski definition) is 1. The molecular weight excluding hydrogens is 318 g/mol. The summed E-state index contributed by atoms with van der Waals surface area (Å²) in [4.78, 5) is 28.9. The zero-order valence-electron chi connectivity index (χ0n) is 15.1. The lowest BCUT2D eigenvalue weighted by Crippen LogP contribution is -2.46. The van der Waals surface area contributed by atoms with Gasteiger partial charge in [-0.25, -0.2) is 0 Å². The van der Waals surface area contributed by atoms with E-state index in [1.54, 1.807) is 17.0 Å². The summed E-state index contributed by atoms with van der Waals surface area (Å²) in [5.74, 6) is 0.440. The molecule has 1 N–H and O–H groups in total. The molecule has 0 spiro atoms. The Morgan fingerprint density at radius 3 is 2.68 bits per heavy atom. The Hall–Kier alpha value is -1.82. The number of rotatable bonds is 5. The van der Waals surface area contributed by atoms with Gasteiger partial charge < -0.3 is 14.6 Å². The highest BCUT2D eigenvalue weighted by Crippen LogP contribution is 2.20. The standard InChI is InChI=1S/C19H29N3O3/c1-15-5-2-3-10-21(15)13-9-20-18(23)16-7-11-22(12-8-16)19(24)17-6-4-14-25-17/h4,6,14-16H,2-3,5,7-13H2,1H3,(H,20,23)/t15-/m1/s1. The highest BCUT2D eigenvalue weighted by atomic mass is 16.3. The summed E-state index contributed by atoms with van der Waals surface area (Å²) in [5, 5.41) is 3.09. The molecular formula is C19H29N3O3. The van der Waals surface area contributed by atoms with Gasteiger partial charge in [0.2, 0.25) is 5.91 Å². The molecule has 0 aliphatic carbocycles. The van der Waals surface area contributed by atoms with E-state index >= 15 is 0 Å². The number of amides is 2. The summed E-state index contributed by atoms with van der Waals surface area (Å²) in [6.45, 7) is 6.29. The number of nitrogens with one attached hydrogen (secondary N) is 1. The van der Waals surface area contributed by atoms with E-state index < -0.39 is 0 Å². The van der Waals surface area contributed by atoms with Crippen molar-refractivity contribution in [2.45, 2.75) is 45.1 Å². The lowest BCUT2D eigenvalue weighted by molar-refractivity contribution is -0.126. The molecule has 2 aliphatic rings. The molecule has 138 valence electrons. The monoisotopic (exact) mass is 347 g/mol. The van der Waals surface area contributed by atoms with E-state index in [1.807, 2.05) is 0 Å². The summed E-state index contributed by atoms with van der Waals surface area (Å²) >= 11 is 0. The third kappa shape index (κ3) is 4.63. The van der Waals surface area contributed by atoms with Crippen molar-refractivity contribution in [3.63, 3.8) is 0 Å². The fraction of sp³-hybridized carbons (Fsp3) is 0.684. The lowest BCUT2D eigenvalue weighted by Gasteiger charge is -2.34. The summed E-state index contributed by atoms with van der Waals surface area (Å²) in [7, 11) is 0. The minimum absolute atomic E-state index is 0.0134. The van der Waals surface area contributed by atoms with E-state index in [0.29, 0.717) is 31.4 Å². The summed E-state index contributed by atoms with van der Waals surface area (Å²) < 4.78 is 5.17. The summed E-state index contributed by atoms with van der Waals surface area (Å²) in [5.41, 5.74) is 0. The highest BCUT2D eigenvalue weighted by molar-refractivity contribution is 5.91. The second-order valence-corrected chi connectivity index (χ2v) is 7.22. The molecule has 0 aromatic carbocycles.